The fraction of sp³-hybridized carbons (Fsp3) is 0.312. The normalized spacial score (nSPS) is 17.9. The predicted octanol–water partition coefficient (Wildman–Crippen LogP) is 2.49. The van der Waals surface area contributed by atoms with Crippen molar-refractivity contribution in [3.05, 3.63) is 54.1 Å². The summed E-state index contributed by atoms with van der Waals surface area (Å²) in [6.07, 6.45) is 4.63. The molecule has 0 N–H and O–H groups in total. The lowest BCUT2D eigenvalue weighted by atomic mass is 10.1. The van der Waals surface area contributed by atoms with Gasteiger partial charge in [0.1, 0.15) is 0 Å². The van der Waals surface area contributed by atoms with Crippen molar-refractivity contribution in [1.82, 2.24) is 19.9 Å². The fourth-order valence-corrected chi connectivity index (χ4v) is 2.59. The van der Waals surface area contributed by atoms with Crippen molar-refractivity contribution in [2.75, 3.05) is 13.2 Å². The summed E-state index contributed by atoms with van der Waals surface area (Å²) in [5.41, 5.74) is 2.04. The Morgan fingerprint density at radius 1 is 1.23 bits per heavy atom. The molecule has 0 bridgehead atoms. The first-order chi connectivity index (χ1) is 10.9. The fourth-order valence-electron chi connectivity index (χ4n) is 2.59. The molecule has 6 heteroatoms. The molecule has 0 amide bonds. The first-order valence-electron chi connectivity index (χ1n) is 7.36. The molecule has 3 aromatic rings. The largest absolute Gasteiger partial charge is 0.381 e. The van der Waals surface area contributed by atoms with Gasteiger partial charge in [-0.25, -0.2) is 0 Å². The molecule has 0 saturated carbocycles. The lowest BCUT2D eigenvalue weighted by Gasteiger charge is -2.00. The standard InChI is InChI=1S/C16H16N4O2/c1-2-4-12(5-3-1)9-20-10-14(8-17-20)16-18-15(19-22-16)13-6-7-21-11-13/h1-5,8,10,13H,6-7,9,11H2. The van der Waals surface area contributed by atoms with Gasteiger partial charge in [-0.05, 0) is 12.0 Å². The van der Waals surface area contributed by atoms with Gasteiger partial charge in [0.25, 0.3) is 5.89 Å². The van der Waals surface area contributed by atoms with Crippen LogP contribution in [-0.4, -0.2) is 33.1 Å². The Kier molecular flexibility index (Phi) is 3.44. The number of hydrogen-bond donors (Lipinski definition) is 0. The zero-order chi connectivity index (χ0) is 14.8. The van der Waals surface area contributed by atoms with Crippen LogP contribution in [0.1, 0.15) is 23.7 Å². The summed E-state index contributed by atoms with van der Waals surface area (Å²) in [5, 5.41) is 8.42. The Balaban J connectivity index is 1.51. The van der Waals surface area contributed by atoms with E-state index in [4.69, 9.17) is 9.26 Å². The van der Waals surface area contributed by atoms with Crippen LogP contribution in [-0.2, 0) is 11.3 Å². The minimum Gasteiger partial charge on any atom is -0.381 e. The minimum absolute atomic E-state index is 0.247. The molecule has 0 spiro atoms. The molecule has 6 nitrogen and oxygen atoms in total. The quantitative estimate of drug-likeness (QED) is 0.740. The van der Waals surface area contributed by atoms with Crippen molar-refractivity contribution < 1.29 is 9.26 Å². The maximum absolute atomic E-state index is 5.36. The zero-order valence-corrected chi connectivity index (χ0v) is 12.1. The van der Waals surface area contributed by atoms with Gasteiger partial charge in [0.15, 0.2) is 5.82 Å². The number of aromatic nitrogens is 4. The second-order valence-corrected chi connectivity index (χ2v) is 5.43. The van der Waals surface area contributed by atoms with E-state index in [9.17, 15) is 0 Å². The van der Waals surface area contributed by atoms with E-state index in [0.29, 0.717) is 12.5 Å². The molecular formula is C16H16N4O2. The average molecular weight is 296 g/mol. The van der Waals surface area contributed by atoms with Crippen LogP contribution in [0.3, 0.4) is 0 Å². The van der Waals surface area contributed by atoms with E-state index in [1.165, 1.54) is 5.56 Å². The molecule has 1 saturated heterocycles. The third kappa shape index (κ3) is 2.65. The van der Waals surface area contributed by atoms with Gasteiger partial charge in [0.2, 0.25) is 0 Å². The van der Waals surface area contributed by atoms with Crippen LogP contribution in [0.25, 0.3) is 11.5 Å². The molecule has 3 heterocycles. The Labute approximate surface area is 127 Å². The van der Waals surface area contributed by atoms with Crippen molar-refractivity contribution in [3.63, 3.8) is 0 Å². The average Bonchev–Trinajstić information content (AvgIpc) is 3.29. The number of nitrogens with zero attached hydrogens (tertiary/aromatic N) is 4. The molecule has 4 rings (SSSR count). The number of hydrogen-bond acceptors (Lipinski definition) is 5. The SMILES string of the molecule is c1ccc(Cn2cc(-c3nc(C4CCOC4)no3)cn2)cc1. The van der Waals surface area contributed by atoms with Crippen LogP contribution in [0.4, 0.5) is 0 Å². The molecule has 1 aliphatic heterocycles. The van der Waals surface area contributed by atoms with E-state index in [1.807, 2.05) is 29.1 Å². The highest BCUT2D eigenvalue weighted by Gasteiger charge is 2.23. The Hall–Kier alpha value is -2.47. The highest BCUT2D eigenvalue weighted by Crippen LogP contribution is 2.25. The van der Waals surface area contributed by atoms with Gasteiger partial charge < -0.3 is 9.26 Å². The van der Waals surface area contributed by atoms with Gasteiger partial charge in [-0.15, -0.1) is 0 Å². The lowest BCUT2D eigenvalue weighted by Crippen LogP contribution is -1.99. The van der Waals surface area contributed by atoms with Crippen molar-refractivity contribution in [3.8, 4) is 11.5 Å². The Bertz CT molecular complexity index is 744. The van der Waals surface area contributed by atoms with Crippen molar-refractivity contribution >= 4 is 0 Å². The number of ether oxygens (including phenoxy) is 1. The molecule has 1 aromatic carbocycles. The van der Waals surface area contributed by atoms with E-state index in [-0.39, 0.29) is 5.92 Å². The van der Waals surface area contributed by atoms with Crippen LogP contribution in [0, 0.1) is 0 Å². The second kappa shape index (κ2) is 5.73. The highest BCUT2D eigenvalue weighted by molar-refractivity contribution is 5.49. The van der Waals surface area contributed by atoms with E-state index in [0.717, 1.165) is 31.0 Å². The molecule has 112 valence electrons. The van der Waals surface area contributed by atoms with Crippen LogP contribution >= 0.6 is 0 Å². The highest BCUT2D eigenvalue weighted by atomic mass is 16.5. The minimum atomic E-state index is 0.247. The van der Waals surface area contributed by atoms with Gasteiger partial charge in [-0.2, -0.15) is 10.1 Å². The molecule has 2 aromatic heterocycles. The predicted molar refractivity (Wildman–Crippen MR) is 79.2 cm³/mol. The summed E-state index contributed by atoms with van der Waals surface area (Å²) in [6, 6.07) is 10.2. The van der Waals surface area contributed by atoms with E-state index in [2.05, 4.69) is 27.4 Å². The number of rotatable bonds is 4. The van der Waals surface area contributed by atoms with Crippen LogP contribution in [0.15, 0.2) is 47.2 Å². The third-order valence-electron chi connectivity index (χ3n) is 3.80. The maximum atomic E-state index is 5.36. The molecule has 1 fully saturated rings. The second-order valence-electron chi connectivity index (χ2n) is 5.43. The summed E-state index contributed by atoms with van der Waals surface area (Å²) in [5.74, 6) is 1.49. The molecule has 0 aliphatic carbocycles. The molecule has 0 radical (unpaired) electrons. The van der Waals surface area contributed by atoms with E-state index >= 15 is 0 Å². The zero-order valence-electron chi connectivity index (χ0n) is 12.1. The molecular weight excluding hydrogens is 280 g/mol. The smallest absolute Gasteiger partial charge is 0.261 e. The first kappa shape index (κ1) is 13.2. The summed E-state index contributed by atoms with van der Waals surface area (Å²) in [4.78, 5) is 4.47. The van der Waals surface area contributed by atoms with Crippen LogP contribution < -0.4 is 0 Å². The topological polar surface area (TPSA) is 66.0 Å². The maximum Gasteiger partial charge on any atom is 0.261 e. The van der Waals surface area contributed by atoms with Gasteiger partial charge in [0.05, 0.1) is 24.9 Å². The van der Waals surface area contributed by atoms with Gasteiger partial charge in [0, 0.05) is 18.7 Å². The number of benzene rings is 1. The Morgan fingerprint density at radius 2 is 2.14 bits per heavy atom. The molecule has 22 heavy (non-hydrogen) atoms. The van der Waals surface area contributed by atoms with Crippen molar-refractivity contribution in [2.45, 2.75) is 18.9 Å². The van der Waals surface area contributed by atoms with Crippen molar-refractivity contribution in [2.24, 2.45) is 0 Å². The molecule has 1 atom stereocenters. The monoisotopic (exact) mass is 296 g/mol. The van der Waals surface area contributed by atoms with E-state index < -0.39 is 0 Å². The molecule has 1 unspecified atom stereocenters. The van der Waals surface area contributed by atoms with Gasteiger partial charge in [-0.1, -0.05) is 35.5 Å². The van der Waals surface area contributed by atoms with E-state index in [1.54, 1.807) is 6.20 Å². The van der Waals surface area contributed by atoms with Crippen molar-refractivity contribution in [1.29, 1.82) is 0 Å². The lowest BCUT2D eigenvalue weighted by molar-refractivity contribution is 0.192. The summed E-state index contributed by atoms with van der Waals surface area (Å²) < 4.78 is 12.6. The summed E-state index contributed by atoms with van der Waals surface area (Å²) in [7, 11) is 0. The Morgan fingerprint density at radius 3 is 2.95 bits per heavy atom. The first-order valence-corrected chi connectivity index (χ1v) is 7.36. The van der Waals surface area contributed by atoms with Gasteiger partial charge in [-0.3, -0.25) is 4.68 Å². The molecule has 1 aliphatic rings. The summed E-state index contributed by atoms with van der Waals surface area (Å²) in [6.45, 7) is 2.16. The third-order valence-corrected chi connectivity index (χ3v) is 3.80. The van der Waals surface area contributed by atoms with Crippen LogP contribution in [0.5, 0.6) is 0 Å². The summed E-state index contributed by atoms with van der Waals surface area (Å²) >= 11 is 0. The van der Waals surface area contributed by atoms with Crippen LogP contribution in [0.2, 0.25) is 0 Å². The van der Waals surface area contributed by atoms with Gasteiger partial charge >= 0.3 is 0 Å².